The van der Waals surface area contributed by atoms with Crippen molar-refractivity contribution in [2.24, 2.45) is 5.92 Å². The molecule has 0 radical (unpaired) electrons. The van der Waals surface area contributed by atoms with E-state index >= 15 is 0 Å². The Bertz CT molecular complexity index is 777. The molecule has 27 heavy (non-hydrogen) atoms. The number of ether oxygens (including phenoxy) is 2. The minimum Gasteiger partial charge on any atom is -0.494 e. The first-order valence-corrected chi connectivity index (χ1v) is 9.02. The Hall–Kier alpha value is -2.44. The fraction of sp³-hybridized carbons (Fsp3) is 0.381. The van der Waals surface area contributed by atoms with Gasteiger partial charge in [-0.2, -0.15) is 0 Å². The maximum absolute atomic E-state index is 13.9. The SMILES string of the molecule is COc1ccc(C(=O)NC[C@@](O)(c2ccccc2)C2CCOCC2)cc1F. The number of methoxy groups -OCH3 is 1. The number of carbonyl (C=O) groups is 1. The second kappa shape index (κ2) is 8.50. The lowest BCUT2D eigenvalue weighted by Gasteiger charge is -2.39. The lowest BCUT2D eigenvalue weighted by molar-refractivity contribution is -0.0680. The van der Waals surface area contributed by atoms with Gasteiger partial charge < -0.3 is 19.9 Å². The second-order valence-corrected chi connectivity index (χ2v) is 6.71. The number of hydrogen-bond acceptors (Lipinski definition) is 4. The molecular weight excluding hydrogens is 349 g/mol. The lowest BCUT2D eigenvalue weighted by Crippen LogP contribution is -2.47. The number of carbonyl (C=O) groups excluding carboxylic acids is 1. The quantitative estimate of drug-likeness (QED) is 0.817. The molecule has 1 fully saturated rings. The maximum atomic E-state index is 13.9. The average Bonchev–Trinajstić information content (AvgIpc) is 2.73. The zero-order valence-corrected chi connectivity index (χ0v) is 15.3. The average molecular weight is 373 g/mol. The Kier molecular flexibility index (Phi) is 6.08. The van der Waals surface area contributed by atoms with Crippen LogP contribution in [0.2, 0.25) is 0 Å². The van der Waals surface area contributed by atoms with Gasteiger partial charge in [-0.05, 0) is 42.5 Å². The monoisotopic (exact) mass is 373 g/mol. The Morgan fingerprint density at radius 2 is 1.96 bits per heavy atom. The summed E-state index contributed by atoms with van der Waals surface area (Å²) in [4.78, 5) is 12.5. The van der Waals surface area contributed by atoms with Gasteiger partial charge in [0.05, 0.1) is 13.7 Å². The molecule has 0 spiro atoms. The highest BCUT2D eigenvalue weighted by Crippen LogP contribution is 2.35. The Morgan fingerprint density at radius 1 is 1.26 bits per heavy atom. The number of nitrogens with one attached hydrogen (secondary N) is 1. The molecule has 1 aliphatic heterocycles. The molecule has 6 heteroatoms. The molecule has 0 saturated carbocycles. The van der Waals surface area contributed by atoms with Crippen LogP contribution in [0.15, 0.2) is 48.5 Å². The van der Waals surface area contributed by atoms with Crippen LogP contribution in [-0.2, 0) is 10.3 Å². The van der Waals surface area contributed by atoms with Crippen molar-refractivity contribution < 1.29 is 23.8 Å². The summed E-state index contributed by atoms with van der Waals surface area (Å²) in [6.07, 6.45) is 1.41. The molecule has 1 atom stereocenters. The first-order valence-electron chi connectivity index (χ1n) is 9.02. The Morgan fingerprint density at radius 3 is 2.59 bits per heavy atom. The third-order valence-electron chi connectivity index (χ3n) is 5.10. The van der Waals surface area contributed by atoms with E-state index in [-0.39, 0.29) is 23.8 Å². The summed E-state index contributed by atoms with van der Waals surface area (Å²) >= 11 is 0. The number of amides is 1. The zero-order chi connectivity index (χ0) is 19.3. The predicted molar refractivity (Wildman–Crippen MR) is 99.2 cm³/mol. The van der Waals surface area contributed by atoms with E-state index in [9.17, 15) is 14.3 Å². The minimum absolute atomic E-state index is 0.0359. The Labute approximate surface area is 158 Å². The van der Waals surface area contributed by atoms with E-state index in [0.29, 0.717) is 26.1 Å². The van der Waals surface area contributed by atoms with Gasteiger partial charge in [-0.25, -0.2) is 4.39 Å². The summed E-state index contributed by atoms with van der Waals surface area (Å²) in [5.74, 6) is -1.01. The zero-order valence-electron chi connectivity index (χ0n) is 15.3. The highest BCUT2D eigenvalue weighted by atomic mass is 19.1. The van der Waals surface area contributed by atoms with Gasteiger partial charge in [0.15, 0.2) is 11.6 Å². The molecule has 2 aromatic carbocycles. The summed E-state index contributed by atoms with van der Waals surface area (Å²) in [7, 11) is 1.37. The van der Waals surface area contributed by atoms with Crippen LogP contribution in [0.1, 0.15) is 28.8 Å². The van der Waals surface area contributed by atoms with Crippen LogP contribution >= 0.6 is 0 Å². The highest BCUT2D eigenvalue weighted by Gasteiger charge is 2.39. The van der Waals surface area contributed by atoms with Crippen LogP contribution in [0.4, 0.5) is 4.39 Å². The lowest BCUT2D eigenvalue weighted by atomic mass is 9.77. The first kappa shape index (κ1) is 19.3. The first-order chi connectivity index (χ1) is 13.0. The summed E-state index contributed by atoms with van der Waals surface area (Å²) < 4.78 is 24.2. The van der Waals surface area contributed by atoms with E-state index in [4.69, 9.17) is 9.47 Å². The normalized spacial score (nSPS) is 17.1. The van der Waals surface area contributed by atoms with E-state index in [2.05, 4.69) is 5.32 Å². The van der Waals surface area contributed by atoms with Gasteiger partial charge in [-0.3, -0.25) is 4.79 Å². The molecule has 3 rings (SSSR count). The van der Waals surface area contributed by atoms with Crippen molar-refractivity contribution in [3.8, 4) is 5.75 Å². The van der Waals surface area contributed by atoms with Crippen molar-refractivity contribution in [1.82, 2.24) is 5.32 Å². The second-order valence-electron chi connectivity index (χ2n) is 6.71. The number of hydrogen-bond donors (Lipinski definition) is 2. The molecule has 1 heterocycles. The summed E-state index contributed by atoms with van der Waals surface area (Å²) in [6, 6.07) is 13.3. The maximum Gasteiger partial charge on any atom is 0.251 e. The van der Waals surface area contributed by atoms with E-state index in [0.717, 1.165) is 11.6 Å². The van der Waals surface area contributed by atoms with Crippen molar-refractivity contribution in [2.45, 2.75) is 18.4 Å². The molecule has 0 unspecified atom stereocenters. The van der Waals surface area contributed by atoms with Crippen LogP contribution in [0.5, 0.6) is 5.75 Å². The molecule has 144 valence electrons. The van der Waals surface area contributed by atoms with E-state index in [1.54, 1.807) is 0 Å². The highest BCUT2D eigenvalue weighted by molar-refractivity contribution is 5.94. The molecule has 2 N–H and O–H groups in total. The third-order valence-corrected chi connectivity index (χ3v) is 5.10. The van der Waals surface area contributed by atoms with Gasteiger partial charge in [-0.15, -0.1) is 0 Å². The van der Waals surface area contributed by atoms with E-state index in [1.807, 2.05) is 30.3 Å². The number of benzene rings is 2. The van der Waals surface area contributed by atoms with Crippen LogP contribution in [0, 0.1) is 11.7 Å². The molecule has 0 aliphatic carbocycles. The standard InChI is InChI=1S/C21H24FNO4/c1-26-19-8-7-15(13-18(19)22)20(24)23-14-21(25,16-5-3-2-4-6-16)17-9-11-27-12-10-17/h2-8,13,17,25H,9-12,14H2,1H3,(H,23,24)/t21-/m1/s1. The fourth-order valence-corrected chi connectivity index (χ4v) is 3.51. The minimum atomic E-state index is -1.22. The van der Waals surface area contributed by atoms with Crippen LogP contribution in [-0.4, -0.2) is 37.9 Å². The van der Waals surface area contributed by atoms with Gasteiger partial charge in [-0.1, -0.05) is 30.3 Å². The van der Waals surface area contributed by atoms with Gasteiger partial charge in [0.25, 0.3) is 5.91 Å². The van der Waals surface area contributed by atoms with Crippen molar-refractivity contribution >= 4 is 5.91 Å². The Balaban J connectivity index is 1.78. The topological polar surface area (TPSA) is 67.8 Å². The van der Waals surface area contributed by atoms with Crippen LogP contribution < -0.4 is 10.1 Å². The van der Waals surface area contributed by atoms with E-state index in [1.165, 1.54) is 19.2 Å². The molecule has 5 nitrogen and oxygen atoms in total. The predicted octanol–water partition coefficient (Wildman–Crippen LogP) is 2.88. The van der Waals surface area contributed by atoms with Crippen LogP contribution in [0.3, 0.4) is 0 Å². The molecule has 1 amide bonds. The number of rotatable bonds is 6. The smallest absolute Gasteiger partial charge is 0.251 e. The fourth-order valence-electron chi connectivity index (χ4n) is 3.51. The summed E-state index contributed by atoms with van der Waals surface area (Å²) in [5, 5.41) is 14.2. The number of halogens is 1. The molecule has 1 aliphatic rings. The molecule has 0 bridgehead atoms. The van der Waals surface area contributed by atoms with Crippen molar-refractivity contribution in [1.29, 1.82) is 0 Å². The largest absolute Gasteiger partial charge is 0.494 e. The van der Waals surface area contributed by atoms with Gasteiger partial charge in [0, 0.05) is 18.8 Å². The van der Waals surface area contributed by atoms with Crippen LogP contribution in [0.25, 0.3) is 0 Å². The van der Waals surface area contributed by atoms with Gasteiger partial charge in [0.2, 0.25) is 0 Å². The van der Waals surface area contributed by atoms with Gasteiger partial charge >= 0.3 is 0 Å². The third kappa shape index (κ3) is 4.28. The van der Waals surface area contributed by atoms with E-state index < -0.39 is 17.3 Å². The number of aliphatic hydroxyl groups is 1. The van der Waals surface area contributed by atoms with Crippen molar-refractivity contribution in [2.75, 3.05) is 26.9 Å². The van der Waals surface area contributed by atoms with Crippen molar-refractivity contribution in [3.63, 3.8) is 0 Å². The van der Waals surface area contributed by atoms with Gasteiger partial charge in [0.1, 0.15) is 5.60 Å². The molecule has 1 saturated heterocycles. The summed E-state index contributed by atoms with van der Waals surface area (Å²) in [6.45, 7) is 1.20. The van der Waals surface area contributed by atoms with Crippen molar-refractivity contribution in [3.05, 3.63) is 65.5 Å². The molecule has 0 aromatic heterocycles. The molecular formula is C21H24FNO4. The summed E-state index contributed by atoms with van der Waals surface area (Å²) in [5.41, 5.74) is -0.292. The molecule has 2 aromatic rings.